The number of hydrogen-bond acceptors (Lipinski definition) is 4. The lowest BCUT2D eigenvalue weighted by Gasteiger charge is -2.35. The molecule has 1 heterocycles. The molecule has 0 bridgehead atoms. The van der Waals surface area contributed by atoms with Gasteiger partial charge in [-0.05, 0) is 66.7 Å². The van der Waals surface area contributed by atoms with Crippen molar-refractivity contribution in [3.8, 4) is 11.1 Å². The van der Waals surface area contributed by atoms with Crippen LogP contribution in [0, 0.1) is 11.3 Å². The zero-order valence-corrected chi connectivity index (χ0v) is 19.6. The molecular formula is C28H30N2O5. The molecule has 2 amide bonds. The molecule has 182 valence electrons. The SMILES string of the molecule is O=C(N[C@@H]1C[C@H]2C[C@@]2(C(=O)N2CCCC[C@H]2C(=O)O)C1)OCC1c2ccccc2-c2ccccc21. The minimum atomic E-state index is -0.919. The van der Waals surface area contributed by atoms with E-state index in [4.69, 9.17) is 4.74 Å². The number of benzene rings is 2. The minimum Gasteiger partial charge on any atom is -0.480 e. The van der Waals surface area contributed by atoms with Crippen molar-refractivity contribution in [2.24, 2.45) is 11.3 Å². The summed E-state index contributed by atoms with van der Waals surface area (Å²) in [5, 5.41) is 12.6. The van der Waals surface area contributed by atoms with Crippen molar-refractivity contribution in [3.05, 3.63) is 59.7 Å². The summed E-state index contributed by atoms with van der Waals surface area (Å²) in [7, 11) is 0. The standard InChI is InChI=1S/C28H30N2O5/c31-25(32)24-11-5-6-12-30(24)26(33)28-14-17(28)13-18(15-28)29-27(34)35-16-23-21-9-3-1-7-19(21)20-8-2-4-10-22(20)23/h1-4,7-10,17-18,23-24H,5-6,11-16H2,(H,29,34)(H,31,32)/t17-,18+,24-,28+/m0/s1. The molecule has 7 nitrogen and oxygen atoms in total. The molecule has 1 saturated heterocycles. The van der Waals surface area contributed by atoms with E-state index in [1.54, 1.807) is 4.90 Å². The van der Waals surface area contributed by atoms with Gasteiger partial charge < -0.3 is 20.1 Å². The minimum absolute atomic E-state index is 0.00473. The molecule has 2 aromatic rings. The topological polar surface area (TPSA) is 95.9 Å². The maximum atomic E-state index is 13.4. The molecule has 1 aliphatic heterocycles. The number of carboxylic acids is 1. The molecular weight excluding hydrogens is 444 g/mol. The van der Waals surface area contributed by atoms with Gasteiger partial charge in [0.15, 0.2) is 0 Å². The summed E-state index contributed by atoms with van der Waals surface area (Å²) in [4.78, 5) is 39.3. The molecule has 35 heavy (non-hydrogen) atoms. The number of carbonyl (C=O) groups excluding carboxylic acids is 2. The van der Waals surface area contributed by atoms with Crippen LogP contribution in [-0.2, 0) is 14.3 Å². The van der Waals surface area contributed by atoms with Crippen molar-refractivity contribution in [2.75, 3.05) is 13.2 Å². The van der Waals surface area contributed by atoms with Crippen LogP contribution in [0.15, 0.2) is 48.5 Å². The third-order valence-corrected chi connectivity index (χ3v) is 8.55. The Kier molecular flexibility index (Phi) is 5.31. The molecule has 0 radical (unpaired) electrons. The molecule has 0 unspecified atom stereocenters. The van der Waals surface area contributed by atoms with E-state index in [0.29, 0.717) is 19.4 Å². The molecule has 4 aliphatic rings. The van der Waals surface area contributed by atoms with Crippen LogP contribution in [0.4, 0.5) is 4.79 Å². The molecule has 3 aliphatic carbocycles. The first-order valence-electron chi connectivity index (χ1n) is 12.6. The second-order valence-electron chi connectivity index (χ2n) is 10.5. The first-order chi connectivity index (χ1) is 17.0. The van der Waals surface area contributed by atoms with Crippen LogP contribution < -0.4 is 5.32 Å². The van der Waals surface area contributed by atoms with Gasteiger partial charge in [0, 0.05) is 18.5 Å². The van der Waals surface area contributed by atoms with Gasteiger partial charge in [-0.25, -0.2) is 9.59 Å². The van der Waals surface area contributed by atoms with E-state index in [0.717, 1.165) is 25.7 Å². The van der Waals surface area contributed by atoms with Gasteiger partial charge >= 0.3 is 12.1 Å². The summed E-state index contributed by atoms with van der Waals surface area (Å²) in [5.41, 5.74) is 4.20. The van der Waals surface area contributed by atoms with E-state index >= 15 is 0 Å². The molecule has 0 spiro atoms. The number of carboxylic acid groups (broad SMARTS) is 1. The van der Waals surface area contributed by atoms with Crippen molar-refractivity contribution in [2.45, 2.75) is 56.5 Å². The fraction of sp³-hybridized carbons (Fsp3) is 0.464. The van der Waals surface area contributed by atoms with Crippen molar-refractivity contribution < 1.29 is 24.2 Å². The van der Waals surface area contributed by atoms with E-state index in [1.165, 1.54) is 22.3 Å². The number of ether oxygens (including phenoxy) is 1. The number of rotatable bonds is 5. The first kappa shape index (κ1) is 22.1. The molecule has 7 heteroatoms. The van der Waals surface area contributed by atoms with Gasteiger partial charge in [0.05, 0.1) is 5.41 Å². The number of nitrogens with one attached hydrogen (secondary N) is 1. The average Bonchev–Trinajstić information content (AvgIpc) is 3.30. The molecule has 2 N–H and O–H groups in total. The van der Waals surface area contributed by atoms with Gasteiger partial charge in [0.1, 0.15) is 12.6 Å². The number of fused-ring (bicyclic) bond motifs is 4. The van der Waals surface area contributed by atoms with Gasteiger partial charge in [-0.15, -0.1) is 0 Å². The van der Waals surface area contributed by atoms with E-state index in [2.05, 4.69) is 29.6 Å². The molecule has 2 aromatic carbocycles. The van der Waals surface area contributed by atoms with Gasteiger partial charge in [-0.3, -0.25) is 4.79 Å². The number of piperidine rings is 1. The zero-order chi connectivity index (χ0) is 24.2. The van der Waals surface area contributed by atoms with Crippen LogP contribution in [-0.4, -0.2) is 53.2 Å². The van der Waals surface area contributed by atoms with Crippen LogP contribution >= 0.6 is 0 Å². The summed E-state index contributed by atoms with van der Waals surface area (Å²) < 4.78 is 5.69. The lowest BCUT2D eigenvalue weighted by molar-refractivity contribution is -0.154. The largest absolute Gasteiger partial charge is 0.480 e. The monoisotopic (exact) mass is 474 g/mol. The van der Waals surface area contributed by atoms with Crippen molar-refractivity contribution >= 4 is 18.0 Å². The highest BCUT2D eigenvalue weighted by molar-refractivity contribution is 5.90. The predicted molar refractivity (Wildman–Crippen MR) is 129 cm³/mol. The molecule has 4 atom stereocenters. The fourth-order valence-corrected chi connectivity index (χ4v) is 6.79. The van der Waals surface area contributed by atoms with Gasteiger partial charge in [-0.1, -0.05) is 48.5 Å². The number of nitrogens with zero attached hydrogens (tertiary/aromatic N) is 1. The Hall–Kier alpha value is -3.35. The highest BCUT2D eigenvalue weighted by atomic mass is 16.5. The van der Waals surface area contributed by atoms with Gasteiger partial charge in [-0.2, -0.15) is 0 Å². The quantitative estimate of drug-likeness (QED) is 0.679. The first-order valence-corrected chi connectivity index (χ1v) is 12.6. The van der Waals surface area contributed by atoms with Crippen LogP contribution in [0.1, 0.15) is 55.6 Å². The smallest absolute Gasteiger partial charge is 0.407 e. The number of carbonyl (C=O) groups is 3. The van der Waals surface area contributed by atoms with Gasteiger partial charge in [0.25, 0.3) is 0 Å². The molecule has 2 saturated carbocycles. The highest BCUT2D eigenvalue weighted by Gasteiger charge is 2.66. The lowest BCUT2D eigenvalue weighted by atomic mass is 9.95. The third kappa shape index (κ3) is 3.68. The summed E-state index contributed by atoms with van der Waals surface area (Å²) in [6, 6.07) is 15.6. The Morgan fingerprint density at radius 1 is 1.00 bits per heavy atom. The summed E-state index contributed by atoms with van der Waals surface area (Å²) in [6.07, 6.45) is 3.83. The summed E-state index contributed by atoms with van der Waals surface area (Å²) in [5.74, 6) is -0.736. The number of aliphatic carboxylic acids is 1. The van der Waals surface area contributed by atoms with E-state index < -0.39 is 23.5 Å². The van der Waals surface area contributed by atoms with Crippen LogP contribution in [0.3, 0.4) is 0 Å². The lowest BCUT2D eigenvalue weighted by Crippen LogP contribution is -2.51. The normalized spacial score (nSPS) is 28.6. The fourth-order valence-electron chi connectivity index (χ4n) is 6.79. The average molecular weight is 475 g/mol. The van der Waals surface area contributed by atoms with E-state index in [-0.39, 0.29) is 30.4 Å². The van der Waals surface area contributed by atoms with Crippen molar-refractivity contribution in [1.29, 1.82) is 0 Å². The predicted octanol–water partition coefficient (Wildman–Crippen LogP) is 4.16. The second kappa shape index (κ2) is 8.40. The molecule has 0 aromatic heterocycles. The Bertz CT molecular complexity index is 1150. The summed E-state index contributed by atoms with van der Waals surface area (Å²) >= 11 is 0. The summed E-state index contributed by atoms with van der Waals surface area (Å²) in [6.45, 7) is 0.767. The van der Waals surface area contributed by atoms with Crippen LogP contribution in [0.2, 0.25) is 0 Å². The number of likely N-dealkylation sites (tertiary alicyclic amines) is 1. The molecule has 6 rings (SSSR count). The number of alkyl carbamates (subject to hydrolysis) is 1. The van der Waals surface area contributed by atoms with Crippen molar-refractivity contribution in [3.63, 3.8) is 0 Å². The van der Waals surface area contributed by atoms with Crippen LogP contribution in [0.25, 0.3) is 11.1 Å². The maximum Gasteiger partial charge on any atom is 0.407 e. The van der Waals surface area contributed by atoms with Crippen LogP contribution in [0.5, 0.6) is 0 Å². The molecule has 3 fully saturated rings. The Morgan fingerprint density at radius 2 is 1.69 bits per heavy atom. The Morgan fingerprint density at radius 3 is 2.37 bits per heavy atom. The van der Waals surface area contributed by atoms with Crippen molar-refractivity contribution in [1.82, 2.24) is 10.2 Å². The maximum absolute atomic E-state index is 13.4. The van der Waals surface area contributed by atoms with E-state index in [1.807, 2.05) is 24.3 Å². The van der Waals surface area contributed by atoms with E-state index in [9.17, 15) is 19.5 Å². The Balaban J connectivity index is 1.07. The highest BCUT2D eigenvalue weighted by Crippen LogP contribution is 2.64. The number of amides is 2. The van der Waals surface area contributed by atoms with Gasteiger partial charge in [0.2, 0.25) is 5.91 Å². The third-order valence-electron chi connectivity index (χ3n) is 8.55. The second-order valence-corrected chi connectivity index (χ2v) is 10.5. The Labute approximate surface area is 204 Å². The zero-order valence-electron chi connectivity index (χ0n) is 19.6. The number of hydrogen-bond donors (Lipinski definition) is 2.